The second-order valence-electron chi connectivity index (χ2n) is 5.22. The average Bonchev–Trinajstić information content (AvgIpc) is 2.86. The van der Waals surface area contributed by atoms with Crippen molar-refractivity contribution < 1.29 is 9.90 Å². The first-order valence-corrected chi connectivity index (χ1v) is 7.11. The highest BCUT2D eigenvalue weighted by molar-refractivity contribution is 6.30. The Balaban J connectivity index is 1.92. The molecule has 0 aromatic heterocycles. The quantitative estimate of drug-likeness (QED) is 0.924. The van der Waals surface area contributed by atoms with Gasteiger partial charge in [-0.2, -0.15) is 0 Å². The maximum Gasteiger partial charge on any atom is 0.310 e. The summed E-state index contributed by atoms with van der Waals surface area (Å²) in [6, 6.07) is 13.8. The molecule has 0 amide bonds. The zero-order valence-corrected chi connectivity index (χ0v) is 11.7. The molecule has 3 rings (SSSR count). The first kappa shape index (κ1) is 13.2. The molecule has 0 fully saturated rings. The van der Waals surface area contributed by atoms with E-state index in [4.69, 9.17) is 11.6 Å². The summed E-state index contributed by atoms with van der Waals surface area (Å²) < 4.78 is 0. The molecule has 0 radical (unpaired) electrons. The fraction of sp³-hybridized carbons (Fsp3) is 0.235. The molecule has 1 aliphatic rings. The van der Waals surface area contributed by atoms with E-state index >= 15 is 0 Å². The molecule has 102 valence electrons. The van der Waals surface area contributed by atoms with Gasteiger partial charge in [-0.05, 0) is 53.6 Å². The molecule has 0 saturated heterocycles. The van der Waals surface area contributed by atoms with Gasteiger partial charge >= 0.3 is 5.97 Å². The highest BCUT2D eigenvalue weighted by atomic mass is 35.5. The second-order valence-corrected chi connectivity index (χ2v) is 5.65. The van der Waals surface area contributed by atoms with Gasteiger partial charge in [-0.15, -0.1) is 0 Å². The van der Waals surface area contributed by atoms with Crippen LogP contribution in [0.3, 0.4) is 0 Å². The summed E-state index contributed by atoms with van der Waals surface area (Å²) in [5.74, 6) is -1.05. The lowest BCUT2D eigenvalue weighted by Crippen LogP contribution is -2.07. The van der Waals surface area contributed by atoms with Gasteiger partial charge in [-0.25, -0.2) is 0 Å². The lowest BCUT2D eigenvalue weighted by atomic mass is 9.95. The second kappa shape index (κ2) is 5.29. The van der Waals surface area contributed by atoms with E-state index in [1.807, 2.05) is 36.4 Å². The van der Waals surface area contributed by atoms with Gasteiger partial charge in [0.15, 0.2) is 0 Å². The summed E-state index contributed by atoms with van der Waals surface area (Å²) in [6.07, 6.45) is 2.39. The molecular formula is C17H15ClO2. The fourth-order valence-electron chi connectivity index (χ4n) is 2.97. The number of hydrogen-bond donors (Lipinski definition) is 1. The zero-order valence-electron chi connectivity index (χ0n) is 11.0. The molecule has 0 heterocycles. The highest BCUT2D eigenvalue weighted by Crippen LogP contribution is 2.36. The van der Waals surface area contributed by atoms with Crippen LogP contribution in [-0.2, 0) is 17.6 Å². The molecule has 0 bridgehead atoms. The monoisotopic (exact) mass is 286 g/mol. The Bertz CT molecular complexity index is 647. The summed E-state index contributed by atoms with van der Waals surface area (Å²) in [4.78, 5) is 11.3. The van der Waals surface area contributed by atoms with Gasteiger partial charge in [-0.3, -0.25) is 4.79 Å². The third-order valence-electron chi connectivity index (χ3n) is 3.97. The van der Waals surface area contributed by atoms with E-state index in [-0.39, 0.29) is 5.92 Å². The van der Waals surface area contributed by atoms with Crippen LogP contribution in [0.4, 0.5) is 0 Å². The van der Waals surface area contributed by atoms with Crippen LogP contribution in [0.1, 0.15) is 34.6 Å². The Labute approximate surface area is 123 Å². The molecule has 2 aromatic rings. The van der Waals surface area contributed by atoms with E-state index in [0.29, 0.717) is 6.42 Å². The van der Waals surface area contributed by atoms with E-state index in [1.54, 1.807) is 0 Å². The van der Waals surface area contributed by atoms with Crippen LogP contribution >= 0.6 is 11.6 Å². The average molecular weight is 287 g/mol. The molecule has 2 aromatic carbocycles. The van der Waals surface area contributed by atoms with Crippen molar-refractivity contribution in [3.63, 3.8) is 0 Å². The van der Waals surface area contributed by atoms with Crippen LogP contribution in [0.15, 0.2) is 42.5 Å². The molecule has 3 heteroatoms. The Hall–Kier alpha value is -1.80. The van der Waals surface area contributed by atoms with Crippen molar-refractivity contribution in [2.45, 2.75) is 25.2 Å². The van der Waals surface area contributed by atoms with Crippen molar-refractivity contribution >= 4 is 17.6 Å². The predicted octanol–water partition coefficient (Wildman–Crippen LogP) is 4.05. The minimum atomic E-state index is -0.715. The number of rotatable bonds is 3. The molecular weight excluding hydrogens is 272 g/mol. The van der Waals surface area contributed by atoms with Gasteiger partial charge in [-0.1, -0.05) is 41.9 Å². The molecule has 0 spiro atoms. The summed E-state index contributed by atoms with van der Waals surface area (Å²) in [5.41, 5.74) is 4.63. The van der Waals surface area contributed by atoms with Crippen LogP contribution in [-0.4, -0.2) is 11.1 Å². The van der Waals surface area contributed by atoms with Crippen LogP contribution in [0, 0.1) is 0 Å². The number of halogens is 1. The van der Waals surface area contributed by atoms with E-state index in [0.717, 1.165) is 23.4 Å². The summed E-state index contributed by atoms with van der Waals surface area (Å²) in [7, 11) is 0. The minimum absolute atomic E-state index is 0.338. The molecule has 2 nitrogen and oxygen atoms in total. The standard InChI is InChI=1S/C17H15ClO2/c18-13-6-4-11(5-7-13)10-12-2-1-3-15-14(12)8-9-16(15)17(19)20/h1-7,16H,8-10H2,(H,19,20). The fourth-order valence-corrected chi connectivity index (χ4v) is 3.10. The number of aliphatic carboxylic acids is 1. The largest absolute Gasteiger partial charge is 0.481 e. The number of benzene rings is 2. The maximum absolute atomic E-state index is 11.3. The van der Waals surface area contributed by atoms with E-state index in [2.05, 4.69) is 6.07 Å². The Kier molecular flexibility index (Phi) is 3.49. The molecule has 1 unspecified atom stereocenters. The van der Waals surface area contributed by atoms with Crippen LogP contribution in [0.2, 0.25) is 5.02 Å². The first-order valence-electron chi connectivity index (χ1n) is 6.73. The minimum Gasteiger partial charge on any atom is -0.481 e. The Morgan fingerprint density at radius 2 is 1.95 bits per heavy atom. The van der Waals surface area contributed by atoms with E-state index < -0.39 is 5.97 Å². The Morgan fingerprint density at radius 3 is 2.65 bits per heavy atom. The highest BCUT2D eigenvalue weighted by Gasteiger charge is 2.29. The lowest BCUT2D eigenvalue weighted by molar-refractivity contribution is -0.138. The van der Waals surface area contributed by atoms with Crippen molar-refractivity contribution in [2.75, 3.05) is 0 Å². The number of fused-ring (bicyclic) bond motifs is 1. The molecule has 1 N–H and O–H groups in total. The SMILES string of the molecule is O=C(O)C1CCc2c(Cc3ccc(Cl)cc3)cccc21. The zero-order chi connectivity index (χ0) is 14.1. The molecule has 1 aliphatic carbocycles. The summed E-state index contributed by atoms with van der Waals surface area (Å²) in [6.45, 7) is 0. The van der Waals surface area contributed by atoms with E-state index in [9.17, 15) is 9.90 Å². The van der Waals surface area contributed by atoms with Gasteiger partial charge < -0.3 is 5.11 Å². The number of carboxylic acid groups (broad SMARTS) is 1. The smallest absolute Gasteiger partial charge is 0.310 e. The number of hydrogen-bond acceptors (Lipinski definition) is 1. The lowest BCUT2D eigenvalue weighted by Gasteiger charge is -2.10. The van der Waals surface area contributed by atoms with Crippen molar-refractivity contribution in [3.05, 3.63) is 69.7 Å². The van der Waals surface area contributed by atoms with Crippen molar-refractivity contribution in [3.8, 4) is 0 Å². The third kappa shape index (κ3) is 2.44. The van der Waals surface area contributed by atoms with Crippen LogP contribution in [0.5, 0.6) is 0 Å². The summed E-state index contributed by atoms with van der Waals surface area (Å²) in [5, 5.41) is 9.99. The van der Waals surface area contributed by atoms with Gasteiger partial charge in [0.05, 0.1) is 5.92 Å². The van der Waals surface area contributed by atoms with Gasteiger partial charge in [0.2, 0.25) is 0 Å². The normalized spacial score (nSPS) is 16.9. The van der Waals surface area contributed by atoms with Crippen molar-refractivity contribution in [2.24, 2.45) is 0 Å². The number of carboxylic acids is 1. The van der Waals surface area contributed by atoms with E-state index in [1.165, 1.54) is 16.7 Å². The molecule has 20 heavy (non-hydrogen) atoms. The molecule has 0 saturated carbocycles. The third-order valence-corrected chi connectivity index (χ3v) is 4.23. The first-order chi connectivity index (χ1) is 9.65. The van der Waals surface area contributed by atoms with Gasteiger partial charge in [0, 0.05) is 5.02 Å². The Morgan fingerprint density at radius 1 is 1.20 bits per heavy atom. The maximum atomic E-state index is 11.3. The van der Waals surface area contributed by atoms with Crippen LogP contribution in [0.25, 0.3) is 0 Å². The van der Waals surface area contributed by atoms with Gasteiger partial charge in [0.1, 0.15) is 0 Å². The molecule has 0 aliphatic heterocycles. The topological polar surface area (TPSA) is 37.3 Å². The predicted molar refractivity (Wildman–Crippen MR) is 79.4 cm³/mol. The summed E-state index contributed by atoms with van der Waals surface area (Å²) >= 11 is 5.90. The van der Waals surface area contributed by atoms with Crippen LogP contribution < -0.4 is 0 Å². The van der Waals surface area contributed by atoms with Crippen molar-refractivity contribution in [1.29, 1.82) is 0 Å². The van der Waals surface area contributed by atoms with Crippen molar-refractivity contribution in [1.82, 2.24) is 0 Å². The molecule has 1 atom stereocenters. The number of carbonyl (C=O) groups is 1. The van der Waals surface area contributed by atoms with Gasteiger partial charge in [0.25, 0.3) is 0 Å².